The van der Waals surface area contributed by atoms with Gasteiger partial charge in [0.05, 0.1) is 5.56 Å². The topological polar surface area (TPSA) is 66.4 Å². The van der Waals surface area contributed by atoms with Crippen LogP contribution in [0.15, 0.2) is 18.2 Å². The van der Waals surface area contributed by atoms with Gasteiger partial charge in [-0.25, -0.2) is 4.79 Å². The molecule has 1 rings (SSSR count). The molecule has 1 aromatic rings. The molecule has 0 saturated carbocycles. The van der Waals surface area contributed by atoms with Gasteiger partial charge >= 0.3 is 5.97 Å². The van der Waals surface area contributed by atoms with E-state index in [0.29, 0.717) is 12.1 Å². The van der Waals surface area contributed by atoms with E-state index < -0.39 is 5.97 Å². The van der Waals surface area contributed by atoms with Crippen molar-refractivity contribution in [2.24, 2.45) is 0 Å². The molecule has 0 bridgehead atoms. The summed E-state index contributed by atoms with van der Waals surface area (Å²) in [6.07, 6.45) is 0.456. The molecule has 0 heterocycles. The van der Waals surface area contributed by atoms with Gasteiger partial charge in [-0.1, -0.05) is 11.6 Å². The van der Waals surface area contributed by atoms with E-state index in [-0.39, 0.29) is 10.6 Å². The van der Waals surface area contributed by atoms with Gasteiger partial charge in [0.2, 0.25) is 6.41 Å². The first-order chi connectivity index (χ1) is 6.13. The molecule has 0 aliphatic rings. The molecule has 0 fully saturated rings. The van der Waals surface area contributed by atoms with Crippen molar-refractivity contribution in [1.82, 2.24) is 0 Å². The zero-order chi connectivity index (χ0) is 9.84. The number of carboxylic acids is 1. The molecule has 5 heteroatoms. The molecule has 0 aromatic heterocycles. The highest BCUT2D eigenvalue weighted by Crippen LogP contribution is 2.18. The number of carbonyl (C=O) groups is 2. The van der Waals surface area contributed by atoms with Crippen molar-refractivity contribution in [2.75, 3.05) is 5.32 Å². The van der Waals surface area contributed by atoms with Gasteiger partial charge in [-0.3, -0.25) is 4.79 Å². The van der Waals surface area contributed by atoms with Gasteiger partial charge in [0, 0.05) is 10.7 Å². The van der Waals surface area contributed by atoms with Gasteiger partial charge in [0.1, 0.15) is 0 Å². The van der Waals surface area contributed by atoms with E-state index in [2.05, 4.69) is 5.32 Å². The number of halogens is 1. The number of amides is 1. The van der Waals surface area contributed by atoms with Gasteiger partial charge in [0.15, 0.2) is 0 Å². The van der Waals surface area contributed by atoms with Crippen LogP contribution in [0.1, 0.15) is 10.4 Å². The van der Waals surface area contributed by atoms with Gasteiger partial charge in [0.25, 0.3) is 0 Å². The van der Waals surface area contributed by atoms with E-state index in [1.807, 2.05) is 0 Å². The van der Waals surface area contributed by atoms with Crippen molar-refractivity contribution >= 4 is 29.7 Å². The fraction of sp³-hybridized carbons (Fsp3) is 0. The molecule has 2 N–H and O–H groups in total. The first kappa shape index (κ1) is 9.54. The third kappa shape index (κ3) is 2.45. The van der Waals surface area contributed by atoms with Crippen LogP contribution >= 0.6 is 11.6 Å². The second-order valence-electron chi connectivity index (χ2n) is 2.30. The molecule has 68 valence electrons. The molecule has 0 atom stereocenters. The Morgan fingerprint density at radius 3 is 2.69 bits per heavy atom. The summed E-state index contributed by atoms with van der Waals surface area (Å²) in [6.45, 7) is 0. The number of rotatable bonds is 3. The lowest BCUT2D eigenvalue weighted by molar-refractivity contribution is -0.105. The average molecular weight is 200 g/mol. The molecule has 0 aliphatic heterocycles. The van der Waals surface area contributed by atoms with Crippen LogP contribution in [-0.4, -0.2) is 17.5 Å². The van der Waals surface area contributed by atoms with E-state index >= 15 is 0 Å². The van der Waals surface area contributed by atoms with E-state index in [1.54, 1.807) is 0 Å². The van der Waals surface area contributed by atoms with Gasteiger partial charge in [-0.2, -0.15) is 0 Å². The maximum Gasteiger partial charge on any atom is 0.335 e. The van der Waals surface area contributed by atoms with Crippen LogP contribution in [0.4, 0.5) is 5.69 Å². The normalized spacial score (nSPS) is 9.31. The minimum atomic E-state index is -1.09. The molecule has 0 spiro atoms. The number of aromatic carboxylic acids is 1. The maximum absolute atomic E-state index is 10.5. The highest BCUT2D eigenvalue weighted by Gasteiger charge is 2.05. The molecular weight excluding hydrogens is 194 g/mol. The predicted molar refractivity (Wildman–Crippen MR) is 48.1 cm³/mol. The lowest BCUT2D eigenvalue weighted by Gasteiger charge is -2.01. The van der Waals surface area contributed by atoms with E-state index in [0.717, 1.165) is 0 Å². The van der Waals surface area contributed by atoms with Crippen LogP contribution in [-0.2, 0) is 4.79 Å². The fourth-order valence-electron chi connectivity index (χ4n) is 0.864. The minimum absolute atomic E-state index is 0.0388. The van der Waals surface area contributed by atoms with Crippen LogP contribution in [0, 0.1) is 0 Å². The number of benzene rings is 1. The molecule has 4 nitrogen and oxygen atoms in total. The summed E-state index contributed by atoms with van der Waals surface area (Å²) < 4.78 is 0. The second-order valence-corrected chi connectivity index (χ2v) is 2.73. The summed E-state index contributed by atoms with van der Waals surface area (Å²) in [7, 11) is 0. The number of carbonyl (C=O) groups excluding carboxylic acids is 1. The molecular formula is C8H6ClNO3. The molecule has 0 saturated heterocycles. The summed E-state index contributed by atoms with van der Waals surface area (Å²) in [5, 5.41) is 11.2. The predicted octanol–water partition coefficient (Wildman–Crippen LogP) is 1.61. The zero-order valence-corrected chi connectivity index (χ0v) is 7.21. The van der Waals surface area contributed by atoms with Crippen LogP contribution < -0.4 is 5.32 Å². The van der Waals surface area contributed by atoms with Crippen LogP contribution in [0.3, 0.4) is 0 Å². The number of hydrogen-bond donors (Lipinski definition) is 2. The van der Waals surface area contributed by atoms with Crippen molar-refractivity contribution < 1.29 is 14.7 Å². The van der Waals surface area contributed by atoms with Crippen LogP contribution in [0.2, 0.25) is 5.02 Å². The Kier molecular flexibility index (Phi) is 2.87. The van der Waals surface area contributed by atoms with Gasteiger partial charge in [-0.05, 0) is 18.2 Å². The SMILES string of the molecule is O=CNc1cc(Cl)cc(C(=O)O)c1. The quantitative estimate of drug-likeness (QED) is 0.727. The number of carboxylic acid groups (broad SMARTS) is 1. The third-order valence-electron chi connectivity index (χ3n) is 1.37. The number of nitrogens with one attached hydrogen (secondary N) is 1. The number of anilines is 1. The monoisotopic (exact) mass is 199 g/mol. The summed E-state index contributed by atoms with van der Waals surface area (Å²) in [4.78, 5) is 20.6. The van der Waals surface area contributed by atoms with Crippen molar-refractivity contribution in [2.45, 2.75) is 0 Å². The van der Waals surface area contributed by atoms with Crippen molar-refractivity contribution in [3.8, 4) is 0 Å². The summed E-state index contributed by atoms with van der Waals surface area (Å²) in [5.41, 5.74) is 0.400. The standard InChI is InChI=1S/C8H6ClNO3/c9-6-1-5(8(12)13)2-7(3-6)10-4-11/h1-4H,(H,10,11)(H,12,13). The Labute approximate surface area is 79.1 Å². The molecule has 1 aromatic carbocycles. The average Bonchev–Trinajstić information content (AvgIpc) is 2.03. The Morgan fingerprint density at radius 1 is 1.46 bits per heavy atom. The minimum Gasteiger partial charge on any atom is -0.478 e. The fourth-order valence-corrected chi connectivity index (χ4v) is 1.10. The third-order valence-corrected chi connectivity index (χ3v) is 1.59. The Hall–Kier alpha value is -1.55. The van der Waals surface area contributed by atoms with Crippen LogP contribution in [0.25, 0.3) is 0 Å². The zero-order valence-electron chi connectivity index (χ0n) is 6.45. The van der Waals surface area contributed by atoms with E-state index in [9.17, 15) is 9.59 Å². The lowest BCUT2D eigenvalue weighted by Crippen LogP contribution is -1.99. The second kappa shape index (κ2) is 3.91. The first-order valence-corrected chi connectivity index (χ1v) is 3.75. The molecule has 1 amide bonds. The summed E-state index contributed by atoms with van der Waals surface area (Å²) in [6, 6.07) is 4.09. The highest BCUT2D eigenvalue weighted by atomic mass is 35.5. The van der Waals surface area contributed by atoms with Crippen molar-refractivity contribution in [3.63, 3.8) is 0 Å². The highest BCUT2D eigenvalue weighted by molar-refractivity contribution is 6.31. The van der Waals surface area contributed by atoms with Crippen molar-refractivity contribution in [3.05, 3.63) is 28.8 Å². The molecule has 0 unspecified atom stereocenters. The van der Waals surface area contributed by atoms with Crippen molar-refractivity contribution in [1.29, 1.82) is 0 Å². The van der Waals surface area contributed by atoms with Gasteiger partial charge < -0.3 is 10.4 Å². The summed E-state index contributed by atoms with van der Waals surface area (Å²) >= 11 is 5.61. The largest absolute Gasteiger partial charge is 0.478 e. The summed E-state index contributed by atoms with van der Waals surface area (Å²) in [5.74, 6) is -1.09. The van der Waals surface area contributed by atoms with E-state index in [1.165, 1.54) is 18.2 Å². The maximum atomic E-state index is 10.5. The molecule has 13 heavy (non-hydrogen) atoms. The van der Waals surface area contributed by atoms with Crippen LogP contribution in [0.5, 0.6) is 0 Å². The smallest absolute Gasteiger partial charge is 0.335 e. The Bertz CT molecular complexity index is 351. The molecule has 0 radical (unpaired) electrons. The van der Waals surface area contributed by atoms with E-state index in [4.69, 9.17) is 16.7 Å². The first-order valence-electron chi connectivity index (χ1n) is 3.37. The number of hydrogen-bond acceptors (Lipinski definition) is 2. The Balaban J connectivity index is 3.10. The Morgan fingerprint density at radius 2 is 2.15 bits per heavy atom. The van der Waals surface area contributed by atoms with Gasteiger partial charge in [-0.15, -0.1) is 0 Å². The lowest BCUT2D eigenvalue weighted by atomic mass is 10.2. The molecule has 0 aliphatic carbocycles.